The summed E-state index contributed by atoms with van der Waals surface area (Å²) in [6, 6.07) is 4.48. The fraction of sp³-hybridized carbons (Fsp3) is 0.615. The summed E-state index contributed by atoms with van der Waals surface area (Å²) in [5.74, 6) is 0. The first-order valence-corrected chi connectivity index (χ1v) is 6.16. The van der Waals surface area contributed by atoms with E-state index in [2.05, 4.69) is 5.32 Å². The minimum absolute atomic E-state index is 0.121. The van der Waals surface area contributed by atoms with Gasteiger partial charge in [0.15, 0.2) is 0 Å². The Balaban J connectivity index is 1.69. The van der Waals surface area contributed by atoms with Crippen molar-refractivity contribution in [1.82, 2.24) is 9.88 Å². The smallest absolute Gasteiger partial charge is 0.250 e. The fourth-order valence-electron chi connectivity index (χ4n) is 1.79. The highest BCUT2D eigenvalue weighted by atomic mass is 16.1. The predicted molar refractivity (Wildman–Crippen MR) is 65.7 cm³/mol. The van der Waals surface area contributed by atoms with Gasteiger partial charge in [-0.3, -0.25) is 4.79 Å². The van der Waals surface area contributed by atoms with E-state index in [0.717, 1.165) is 37.5 Å². The van der Waals surface area contributed by atoms with Crippen LogP contribution in [0, 0.1) is 6.92 Å². The molecule has 1 aromatic heterocycles. The zero-order chi connectivity index (χ0) is 11.4. The van der Waals surface area contributed by atoms with Gasteiger partial charge in [0, 0.05) is 24.8 Å². The third-order valence-electron chi connectivity index (χ3n) is 2.99. The lowest BCUT2D eigenvalue weighted by Crippen LogP contribution is -2.21. The van der Waals surface area contributed by atoms with Gasteiger partial charge in [0.2, 0.25) is 0 Å². The van der Waals surface area contributed by atoms with Crippen LogP contribution in [0.5, 0.6) is 0 Å². The molecule has 1 heterocycles. The summed E-state index contributed by atoms with van der Waals surface area (Å²) in [5.41, 5.74) is 1.16. The molecule has 3 nitrogen and oxygen atoms in total. The van der Waals surface area contributed by atoms with Crippen LogP contribution in [-0.2, 0) is 6.54 Å². The van der Waals surface area contributed by atoms with Gasteiger partial charge in [0.25, 0.3) is 5.56 Å². The first-order chi connectivity index (χ1) is 7.75. The Morgan fingerprint density at radius 3 is 2.94 bits per heavy atom. The van der Waals surface area contributed by atoms with E-state index in [-0.39, 0.29) is 5.56 Å². The van der Waals surface area contributed by atoms with Crippen molar-refractivity contribution in [2.75, 3.05) is 6.54 Å². The number of aromatic nitrogens is 1. The van der Waals surface area contributed by atoms with Crippen LogP contribution >= 0.6 is 0 Å². The summed E-state index contributed by atoms with van der Waals surface area (Å²) in [6.45, 7) is 3.88. The normalized spacial score (nSPS) is 15.3. The monoisotopic (exact) mass is 220 g/mol. The predicted octanol–water partition coefficient (Wildman–Crippen LogP) is 1.69. The van der Waals surface area contributed by atoms with Gasteiger partial charge in [-0.15, -0.1) is 0 Å². The number of nitrogens with zero attached hydrogens (tertiary/aromatic N) is 1. The van der Waals surface area contributed by atoms with Crippen molar-refractivity contribution >= 4 is 0 Å². The van der Waals surface area contributed by atoms with Crippen molar-refractivity contribution in [3.05, 3.63) is 34.2 Å². The molecule has 0 aromatic carbocycles. The highest BCUT2D eigenvalue weighted by Gasteiger charge is 2.19. The molecule has 1 fully saturated rings. The van der Waals surface area contributed by atoms with Gasteiger partial charge >= 0.3 is 0 Å². The van der Waals surface area contributed by atoms with Crippen molar-refractivity contribution in [3.63, 3.8) is 0 Å². The van der Waals surface area contributed by atoms with Gasteiger partial charge in [-0.1, -0.05) is 0 Å². The van der Waals surface area contributed by atoms with E-state index in [1.807, 2.05) is 19.2 Å². The van der Waals surface area contributed by atoms with Crippen molar-refractivity contribution in [2.24, 2.45) is 0 Å². The van der Waals surface area contributed by atoms with Crippen LogP contribution < -0.4 is 10.9 Å². The highest BCUT2D eigenvalue weighted by molar-refractivity contribution is 5.07. The molecule has 0 amide bonds. The molecule has 0 bridgehead atoms. The molecule has 1 aromatic rings. The van der Waals surface area contributed by atoms with Gasteiger partial charge in [0.1, 0.15) is 0 Å². The molecule has 1 aliphatic rings. The van der Waals surface area contributed by atoms with Crippen LogP contribution in [0.2, 0.25) is 0 Å². The SMILES string of the molecule is Cc1ccn(CCCCNC2CC2)c(=O)c1. The van der Waals surface area contributed by atoms with E-state index in [4.69, 9.17) is 0 Å². The molecule has 3 heteroatoms. The quantitative estimate of drug-likeness (QED) is 0.740. The number of hydrogen-bond donors (Lipinski definition) is 1. The van der Waals surface area contributed by atoms with Crippen molar-refractivity contribution in [3.8, 4) is 0 Å². The molecule has 0 unspecified atom stereocenters. The van der Waals surface area contributed by atoms with Gasteiger partial charge in [-0.25, -0.2) is 0 Å². The number of pyridine rings is 1. The highest BCUT2D eigenvalue weighted by Crippen LogP contribution is 2.18. The van der Waals surface area contributed by atoms with Crippen LogP contribution in [0.4, 0.5) is 0 Å². The summed E-state index contributed by atoms with van der Waals surface area (Å²) < 4.78 is 1.80. The Morgan fingerprint density at radius 1 is 1.44 bits per heavy atom. The number of nitrogens with one attached hydrogen (secondary N) is 1. The topological polar surface area (TPSA) is 34.0 Å². The minimum atomic E-state index is 0.121. The van der Waals surface area contributed by atoms with Gasteiger partial charge in [-0.2, -0.15) is 0 Å². The second-order valence-corrected chi connectivity index (χ2v) is 4.67. The Bertz CT molecular complexity index is 393. The Kier molecular flexibility index (Phi) is 3.78. The summed E-state index contributed by atoms with van der Waals surface area (Å²) in [6.07, 6.45) is 6.81. The molecule has 0 spiro atoms. The molecule has 0 radical (unpaired) electrons. The van der Waals surface area contributed by atoms with Gasteiger partial charge in [-0.05, 0) is 50.8 Å². The van der Waals surface area contributed by atoms with E-state index in [0.29, 0.717) is 0 Å². The maximum absolute atomic E-state index is 11.6. The van der Waals surface area contributed by atoms with Gasteiger partial charge < -0.3 is 9.88 Å². The second kappa shape index (κ2) is 5.30. The second-order valence-electron chi connectivity index (χ2n) is 4.67. The molecule has 2 rings (SSSR count). The van der Waals surface area contributed by atoms with Crippen molar-refractivity contribution < 1.29 is 0 Å². The zero-order valence-electron chi connectivity index (χ0n) is 9.91. The lowest BCUT2D eigenvalue weighted by atomic mass is 10.2. The zero-order valence-corrected chi connectivity index (χ0v) is 9.91. The Labute approximate surface area is 96.5 Å². The average Bonchev–Trinajstić information content (AvgIpc) is 3.04. The Morgan fingerprint density at radius 2 is 2.25 bits per heavy atom. The first-order valence-electron chi connectivity index (χ1n) is 6.16. The van der Waals surface area contributed by atoms with E-state index >= 15 is 0 Å². The summed E-state index contributed by atoms with van der Waals surface area (Å²) in [5, 5.41) is 3.48. The van der Waals surface area contributed by atoms with Crippen LogP contribution in [0.1, 0.15) is 31.2 Å². The molecule has 0 saturated heterocycles. The van der Waals surface area contributed by atoms with E-state index < -0.39 is 0 Å². The van der Waals surface area contributed by atoms with Gasteiger partial charge in [0.05, 0.1) is 0 Å². The van der Waals surface area contributed by atoms with Crippen LogP contribution in [0.15, 0.2) is 23.1 Å². The van der Waals surface area contributed by atoms with E-state index in [1.54, 1.807) is 10.6 Å². The lowest BCUT2D eigenvalue weighted by Gasteiger charge is -2.06. The molecule has 1 aliphatic carbocycles. The van der Waals surface area contributed by atoms with Crippen LogP contribution in [0.25, 0.3) is 0 Å². The van der Waals surface area contributed by atoms with E-state index in [1.165, 1.54) is 12.8 Å². The number of unbranched alkanes of at least 4 members (excludes halogenated alkanes) is 1. The molecule has 16 heavy (non-hydrogen) atoms. The maximum atomic E-state index is 11.6. The molecular weight excluding hydrogens is 200 g/mol. The molecule has 88 valence electrons. The van der Waals surface area contributed by atoms with Crippen molar-refractivity contribution in [2.45, 2.75) is 45.2 Å². The number of hydrogen-bond acceptors (Lipinski definition) is 2. The largest absolute Gasteiger partial charge is 0.316 e. The number of rotatable bonds is 6. The van der Waals surface area contributed by atoms with Crippen LogP contribution in [0.3, 0.4) is 0 Å². The van der Waals surface area contributed by atoms with Crippen LogP contribution in [-0.4, -0.2) is 17.2 Å². The summed E-state index contributed by atoms with van der Waals surface area (Å²) in [4.78, 5) is 11.6. The third-order valence-corrected chi connectivity index (χ3v) is 2.99. The molecule has 0 atom stereocenters. The molecule has 0 aliphatic heterocycles. The van der Waals surface area contributed by atoms with Crippen molar-refractivity contribution in [1.29, 1.82) is 0 Å². The molecular formula is C13H20N2O. The lowest BCUT2D eigenvalue weighted by molar-refractivity contribution is 0.557. The fourth-order valence-corrected chi connectivity index (χ4v) is 1.79. The number of aryl methyl sites for hydroxylation is 2. The maximum Gasteiger partial charge on any atom is 0.250 e. The standard InChI is InChI=1S/C13H20N2O/c1-11-6-9-15(13(16)10-11)8-3-2-7-14-12-4-5-12/h6,9-10,12,14H,2-5,7-8H2,1H3. The van der Waals surface area contributed by atoms with E-state index in [9.17, 15) is 4.79 Å². The average molecular weight is 220 g/mol. The summed E-state index contributed by atoms with van der Waals surface area (Å²) in [7, 11) is 0. The Hall–Kier alpha value is -1.09. The first kappa shape index (κ1) is 11.4. The molecule has 1 N–H and O–H groups in total. The summed E-state index contributed by atoms with van der Waals surface area (Å²) >= 11 is 0. The molecule has 1 saturated carbocycles. The third kappa shape index (κ3) is 3.49. The minimum Gasteiger partial charge on any atom is -0.316 e.